The highest BCUT2D eigenvalue weighted by molar-refractivity contribution is 5.80. The SMILES string of the molecule is C=C/C=C/C=C\C(=O)O. The summed E-state index contributed by atoms with van der Waals surface area (Å²) in [6.07, 6.45) is 7.32. The second-order valence-electron chi connectivity index (χ2n) is 1.32. The van der Waals surface area contributed by atoms with Crippen LogP contribution in [0.2, 0.25) is 0 Å². The minimum absolute atomic E-state index is 0.941. The molecule has 0 saturated heterocycles. The van der Waals surface area contributed by atoms with E-state index in [-0.39, 0.29) is 0 Å². The van der Waals surface area contributed by atoms with E-state index in [4.69, 9.17) is 5.11 Å². The van der Waals surface area contributed by atoms with Gasteiger partial charge in [-0.15, -0.1) is 0 Å². The normalized spacial score (nSPS) is 10.7. The third-order valence-electron chi connectivity index (χ3n) is 0.597. The first-order valence-electron chi connectivity index (χ1n) is 2.46. The van der Waals surface area contributed by atoms with Crippen LogP contribution in [0.4, 0.5) is 0 Å². The number of carboxylic acid groups (broad SMARTS) is 1. The van der Waals surface area contributed by atoms with E-state index >= 15 is 0 Å². The van der Waals surface area contributed by atoms with Crippen molar-refractivity contribution in [3.8, 4) is 0 Å². The molecule has 0 radical (unpaired) electrons. The molecule has 0 aromatic carbocycles. The summed E-state index contributed by atoms with van der Waals surface area (Å²) >= 11 is 0. The zero-order valence-electron chi connectivity index (χ0n) is 4.95. The Kier molecular flexibility index (Phi) is 4.14. The highest BCUT2D eigenvalue weighted by atomic mass is 16.4. The van der Waals surface area contributed by atoms with Crippen LogP contribution in [0.3, 0.4) is 0 Å². The largest absolute Gasteiger partial charge is 0.478 e. The van der Waals surface area contributed by atoms with Crippen molar-refractivity contribution >= 4 is 5.97 Å². The van der Waals surface area contributed by atoms with Crippen LogP contribution in [0.25, 0.3) is 0 Å². The highest BCUT2D eigenvalue weighted by Gasteiger charge is 1.78. The molecule has 2 nitrogen and oxygen atoms in total. The molecule has 48 valence electrons. The van der Waals surface area contributed by atoms with Crippen molar-refractivity contribution in [1.82, 2.24) is 0 Å². The number of rotatable bonds is 3. The van der Waals surface area contributed by atoms with Crippen LogP contribution < -0.4 is 0 Å². The Morgan fingerprint density at radius 1 is 1.33 bits per heavy atom. The monoisotopic (exact) mass is 124 g/mol. The molecule has 0 aliphatic heterocycles. The predicted molar refractivity (Wildman–Crippen MR) is 36.1 cm³/mol. The average molecular weight is 124 g/mol. The van der Waals surface area contributed by atoms with Crippen molar-refractivity contribution in [2.45, 2.75) is 0 Å². The molecule has 0 aromatic rings. The third-order valence-corrected chi connectivity index (χ3v) is 0.597. The molecular weight excluding hydrogens is 116 g/mol. The number of allylic oxidation sites excluding steroid dienone is 4. The molecule has 0 amide bonds. The van der Waals surface area contributed by atoms with Gasteiger partial charge in [-0.25, -0.2) is 4.79 Å². The summed E-state index contributed by atoms with van der Waals surface area (Å²) in [6.45, 7) is 3.41. The van der Waals surface area contributed by atoms with E-state index in [0.717, 1.165) is 6.08 Å². The Hall–Kier alpha value is -1.31. The van der Waals surface area contributed by atoms with Gasteiger partial charge in [-0.2, -0.15) is 0 Å². The van der Waals surface area contributed by atoms with E-state index in [2.05, 4.69) is 6.58 Å². The molecule has 0 aliphatic rings. The lowest BCUT2D eigenvalue weighted by Crippen LogP contribution is -1.83. The van der Waals surface area contributed by atoms with E-state index in [9.17, 15) is 4.79 Å². The van der Waals surface area contributed by atoms with Gasteiger partial charge in [0.25, 0.3) is 0 Å². The minimum atomic E-state index is -0.941. The summed E-state index contributed by atoms with van der Waals surface area (Å²) in [5.41, 5.74) is 0. The molecule has 0 rings (SSSR count). The van der Waals surface area contributed by atoms with E-state index in [1.54, 1.807) is 18.2 Å². The molecule has 0 unspecified atom stereocenters. The van der Waals surface area contributed by atoms with Crippen LogP contribution in [0, 0.1) is 0 Å². The fraction of sp³-hybridized carbons (Fsp3) is 0. The van der Waals surface area contributed by atoms with E-state index in [0.29, 0.717) is 0 Å². The van der Waals surface area contributed by atoms with Crippen LogP contribution in [0.1, 0.15) is 0 Å². The maximum Gasteiger partial charge on any atom is 0.328 e. The van der Waals surface area contributed by atoms with Crippen molar-refractivity contribution in [2.24, 2.45) is 0 Å². The topological polar surface area (TPSA) is 37.3 Å². The maximum atomic E-state index is 9.82. The van der Waals surface area contributed by atoms with Gasteiger partial charge in [0.15, 0.2) is 0 Å². The van der Waals surface area contributed by atoms with E-state index < -0.39 is 5.97 Å². The Morgan fingerprint density at radius 3 is 2.44 bits per heavy atom. The molecule has 0 heterocycles. The molecule has 0 aromatic heterocycles. The van der Waals surface area contributed by atoms with Crippen molar-refractivity contribution in [3.63, 3.8) is 0 Å². The Morgan fingerprint density at radius 2 is 2.00 bits per heavy atom. The quantitative estimate of drug-likeness (QED) is 0.455. The van der Waals surface area contributed by atoms with Crippen LogP contribution in [0.5, 0.6) is 0 Å². The summed E-state index contributed by atoms with van der Waals surface area (Å²) in [6, 6.07) is 0. The minimum Gasteiger partial charge on any atom is -0.478 e. The molecule has 0 aliphatic carbocycles. The first kappa shape index (κ1) is 7.69. The number of carbonyl (C=O) groups is 1. The van der Waals surface area contributed by atoms with Crippen molar-refractivity contribution in [3.05, 3.63) is 37.0 Å². The lowest BCUT2D eigenvalue weighted by atomic mass is 10.4. The molecule has 0 fully saturated rings. The van der Waals surface area contributed by atoms with Gasteiger partial charge in [0.1, 0.15) is 0 Å². The summed E-state index contributed by atoms with van der Waals surface area (Å²) in [4.78, 5) is 9.82. The summed E-state index contributed by atoms with van der Waals surface area (Å²) in [7, 11) is 0. The van der Waals surface area contributed by atoms with Crippen molar-refractivity contribution < 1.29 is 9.90 Å². The van der Waals surface area contributed by atoms with Crippen molar-refractivity contribution in [1.29, 1.82) is 0 Å². The van der Waals surface area contributed by atoms with Gasteiger partial charge in [-0.1, -0.05) is 30.9 Å². The number of hydrogen-bond acceptors (Lipinski definition) is 1. The molecule has 9 heavy (non-hydrogen) atoms. The maximum absolute atomic E-state index is 9.82. The number of hydrogen-bond donors (Lipinski definition) is 1. The van der Waals surface area contributed by atoms with Gasteiger partial charge in [-0.05, 0) is 0 Å². The van der Waals surface area contributed by atoms with E-state index in [1.165, 1.54) is 6.08 Å². The van der Waals surface area contributed by atoms with Gasteiger partial charge >= 0.3 is 5.97 Å². The third kappa shape index (κ3) is 6.69. The second kappa shape index (κ2) is 4.84. The second-order valence-corrected chi connectivity index (χ2v) is 1.32. The number of carboxylic acids is 1. The molecule has 1 N–H and O–H groups in total. The molecule has 0 saturated carbocycles. The highest BCUT2D eigenvalue weighted by Crippen LogP contribution is 1.76. The smallest absolute Gasteiger partial charge is 0.328 e. The molecule has 2 heteroatoms. The van der Waals surface area contributed by atoms with Gasteiger partial charge in [-0.3, -0.25) is 0 Å². The van der Waals surface area contributed by atoms with Gasteiger partial charge < -0.3 is 5.11 Å². The Balaban J connectivity index is 3.59. The standard InChI is InChI=1S/C7H8O2/c1-2-3-4-5-6-7(8)9/h2-6H,1H2,(H,8,9)/b4-3+,6-5-. The first-order valence-corrected chi connectivity index (χ1v) is 2.46. The zero-order chi connectivity index (χ0) is 7.11. The van der Waals surface area contributed by atoms with Crippen LogP contribution in [-0.4, -0.2) is 11.1 Å². The van der Waals surface area contributed by atoms with Crippen molar-refractivity contribution in [2.75, 3.05) is 0 Å². The lowest BCUT2D eigenvalue weighted by molar-refractivity contribution is -0.131. The summed E-state index contributed by atoms with van der Waals surface area (Å²) in [5.74, 6) is -0.941. The predicted octanol–water partition coefficient (Wildman–Crippen LogP) is 1.37. The molecule has 0 spiro atoms. The van der Waals surface area contributed by atoms with Crippen LogP contribution in [0.15, 0.2) is 37.0 Å². The Labute approximate surface area is 53.8 Å². The van der Waals surface area contributed by atoms with Gasteiger partial charge in [0.05, 0.1) is 0 Å². The molecule has 0 bridgehead atoms. The first-order chi connectivity index (χ1) is 4.27. The Bertz CT molecular complexity index is 154. The van der Waals surface area contributed by atoms with E-state index in [1.807, 2.05) is 0 Å². The zero-order valence-corrected chi connectivity index (χ0v) is 4.95. The van der Waals surface area contributed by atoms with Crippen LogP contribution >= 0.6 is 0 Å². The summed E-state index contributed by atoms with van der Waals surface area (Å²) in [5, 5.41) is 8.07. The summed E-state index contributed by atoms with van der Waals surface area (Å²) < 4.78 is 0. The van der Waals surface area contributed by atoms with Gasteiger partial charge in [0.2, 0.25) is 0 Å². The molecule has 0 atom stereocenters. The average Bonchev–Trinajstić information content (AvgIpc) is 1.80. The fourth-order valence-electron chi connectivity index (χ4n) is 0.281. The van der Waals surface area contributed by atoms with Crippen LogP contribution in [-0.2, 0) is 4.79 Å². The van der Waals surface area contributed by atoms with Gasteiger partial charge in [0, 0.05) is 6.08 Å². The number of aliphatic carboxylic acids is 1. The lowest BCUT2D eigenvalue weighted by Gasteiger charge is -1.72. The molecular formula is C7H8O2. The fourth-order valence-corrected chi connectivity index (χ4v) is 0.281.